The largest absolute Gasteiger partial charge is 0.380 e. The second kappa shape index (κ2) is 27.4. The molecule has 1 saturated carbocycles. The molecule has 2 N–H and O–H groups in total. The molecule has 0 bridgehead atoms. The number of alkyl halides is 6. The minimum absolute atomic E-state index is 0.0625. The SMILES string of the molecule is CCCCCCCCCCCCCCCCNC(=O)CCC1=CC2(C)C(=C3C(=C4SC(CCC(=O)NCCCCCCCCCCCCCCCC)=CC42C)C(F)(F)C(F)(F)C3(F)F)S1. The monoisotopic (exact) mass is 959 g/mol. The van der Waals surface area contributed by atoms with Crippen molar-refractivity contribution in [1.29, 1.82) is 0 Å². The molecule has 1 fully saturated rings. The molecule has 0 saturated heterocycles. The van der Waals surface area contributed by atoms with Crippen molar-refractivity contribution in [3.63, 3.8) is 0 Å². The number of halogens is 6. The van der Waals surface area contributed by atoms with E-state index in [9.17, 15) is 9.59 Å². The minimum atomic E-state index is -5.62. The molecule has 2 heterocycles. The van der Waals surface area contributed by atoms with Gasteiger partial charge < -0.3 is 10.6 Å². The standard InChI is InChI=1S/C53H84F6N2O2S2/c1-5-7-9-11-13-15-17-19-21-23-25-27-29-31-37-60-43(62)35-33-41-39-49(3)47(64-41)45-46(52(56,57)53(58,59)51(45,54)55)48-50(49,4)40-42(65-48)34-36-44(63)61-38-32-30-28-26-24-22-20-18-16-14-12-10-8-6-2/h39-40H,5-38H2,1-4H3,(H,60,62)(H,61,63). The molecule has 4 nitrogen and oxygen atoms in total. The summed E-state index contributed by atoms with van der Waals surface area (Å²) in [6, 6.07) is 0. The maximum Gasteiger partial charge on any atom is 0.380 e. The number of rotatable bonds is 36. The molecule has 0 radical (unpaired) electrons. The van der Waals surface area contributed by atoms with Gasteiger partial charge in [-0.3, -0.25) is 9.59 Å². The number of hydrogen-bond acceptors (Lipinski definition) is 4. The topological polar surface area (TPSA) is 58.2 Å². The summed E-state index contributed by atoms with van der Waals surface area (Å²) in [6.45, 7) is 8.84. The predicted molar refractivity (Wildman–Crippen MR) is 262 cm³/mol. The Balaban J connectivity index is 1.22. The smallest absolute Gasteiger partial charge is 0.356 e. The zero-order valence-electron chi connectivity index (χ0n) is 40.6. The molecule has 4 aliphatic rings. The fourth-order valence-corrected chi connectivity index (χ4v) is 13.2. The van der Waals surface area contributed by atoms with Crippen LogP contribution in [0.5, 0.6) is 0 Å². The van der Waals surface area contributed by atoms with Crippen LogP contribution < -0.4 is 10.6 Å². The number of unbranched alkanes of at least 4 members (excludes halogenated alkanes) is 26. The molecule has 0 spiro atoms. The number of thioether (sulfide) groups is 2. The number of carbonyl (C=O) groups excluding carboxylic acids is 2. The molecule has 2 aliphatic heterocycles. The third kappa shape index (κ3) is 14.8. The number of allylic oxidation sites excluding steroid dienone is 8. The Bertz CT molecular complexity index is 1530. The Labute approximate surface area is 398 Å². The van der Waals surface area contributed by atoms with Crippen LogP contribution in [0.2, 0.25) is 0 Å². The molecule has 0 aromatic carbocycles. The Morgan fingerprint density at radius 2 is 0.708 bits per heavy atom. The van der Waals surface area contributed by atoms with Crippen LogP contribution in [0.3, 0.4) is 0 Å². The quantitative estimate of drug-likeness (QED) is 0.0485. The van der Waals surface area contributed by atoms with Crippen LogP contribution in [0.15, 0.2) is 42.9 Å². The number of amides is 2. The van der Waals surface area contributed by atoms with Gasteiger partial charge >= 0.3 is 17.8 Å². The van der Waals surface area contributed by atoms with Crippen molar-refractivity contribution in [2.24, 2.45) is 10.8 Å². The molecular weight excluding hydrogens is 875 g/mol. The van der Waals surface area contributed by atoms with Gasteiger partial charge in [0, 0.05) is 57.7 Å². The highest BCUT2D eigenvalue weighted by atomic mass is 32.2. The molecule has 372 valence electrons. The molecule has 2 atom stereocenters. The van der Waals surface area contributed by atoms with Crippen molar-refractivity contribution in [3.05, 3.63) is 42.9 Å². The van der Waals surface area contributed by atoms with Crippen LogP contribution in [0, 0.1) is 10.8 Å². The van der Waals surface area contributed by atoms with Crippen molar-refractivity contribution in [1.82, 2.24) is 10.6 Å². The molecule has 12 heteroatoms. The molecule has 4 rings (SSSR count). The second-order valence-electron chi connectivity index (χ2n) is 19.9. The molecule has 2 aliphatic carbocycles. The van der Waals surface area contributed by atoms with E-state index < -0.39 is 39.7 Å². The highest BCUT2D eigenvalue weighted by Crippen LogP contribution is 2.77. The lowest BCUT2D eigenvalue weighted by Crippen LogP contribution is -2.47. The van der Waals surface area contributed by atoms with Crippen LogP contribution in [-0.2, 0) is 9.59 Å². The van der Waals surface area contributed by atoms with Gasteiger partial charge in [0.05, 0.1) is 0 Å². The second-order valence-corrected chi connectivity index (χ2v) is 22.1. The average molecular weight is 959 g/mol. The van der Waals surface area contributed by atoms with Gasteiger partial charge in [-0.05, 0) is 35.5 Å². The highest BCUT2D eigenvalue weighted by molar-refractivity contribution is 8.07. The van der Waals surface area contributed by atoms with Crippen LogP contribution in [0.1, 0.15) is 233 Å². The molecular formula is C53H84F6N2O2S2. The molecule has 2 amide bonds. The molecule has 2 unspecified atom stereocenters. The van der Waals surface area contributed by atoms with Crippen LogP contribution in [-0.4, -0.2) is 42.7 Å². The summed E-state index contributed by atoms with van der Waals surface area (Å²) in [7, 11) is 0. The lowest BCUT2D eigenvalue weighted by molar-refractivity contribution is -0.258. The van der Waals surface area contributed by atoms with E-state index in [-0.39, 0.29) is 47.3 Å². The molecule has 0 aromatic rings. The summed E-state index contributed by atoms with van der Waals surface area (Å²) >= 11 is 1.66. The third-order valence-electron chi connectivity index (χ3n) is 14.4. The van der Waals surface area contributed by atoms with E-state index in [0.717, 1.165) is 62.0 Å². The van der Waals surface area contributed by atoms with E-state index in [2.05, 4.69) is 24.5 Å². The van der Waals surface area contributed by atoms with Gasteiger partial charge in [0.15, 0.2) is 0 Å². The third-order valence-corrected chi connectivity index (χ3v) is 17.2. The first-order valence-corrected chi connectivity index (χ1v) is 27.7. The van der Waals surface area contributed by atoms with Crippen molar-refractivity contribution in [3.8, 4) is 0 Å². The first kappa shape index (κ1) is 55.8. The van der Waals surface area contributed by atoms with Gasteiger partial charge in [-0.2, -0.15) is 26.3 Å². The van der Waals surface area contributed by atoms with Gasteiger partial charge in [0.2, 0.25) is 11.8 Å². The summed E-state index contributed by atoms with van der Waals surface area (Å²) in [5.41, 5.74) is -5.24. The molecule has 65 heavy (non-hydrogen) atoms. The lowest BCUT2D eigenvalue weighted by atomic mass is 9.60. The van der Waals surface area contributed by atoms with E-state index >= 15 is 26.3 Å². The minimum Gasteiger partial charge on any atom is -0.356 e. The Morgan fingerprint density at radius 1 is 0.446 bits per heavy atom. The fourth-order valence-electron chi connectivity index (χ4n) is 10.0. The number of hydrogen-bond donors (Lipinski definition) is 2. The van der Waals surface area contributed by atoms with Gasteiger partial charge in [-0.25, -0.2) is 0 Å². The maximum atomic E-state index is 15.7. The summed E-state index contributed by atoms with van der Waals surface area (Å²) in [5, 5.41) is 5.89. The first-order chi connectivity index (χ1) is 31.1. The highest BCUT2D eigenvalue weighted by Gasteiger charge is 2.84. The Morgan fingerprint density at radius 3 is 0.985 bits per heavy atom. The van der Waals surface area contributed by atoms with Gasteiger partial charge in [0.25, 0.3) is 0 Å². The predicted octanol–water partition coefficient (Wildman–Crippen LogP) is 17.5. The normalized spacial score (nSPS) is 22.5. The van der Waals surface area contributed by atoms with E-state index in [1.807, 2.05) is 0 Å². The van der Waals surface area contributed by atoms with Crippen molar-refractivity contribution >= 4 is 35.3 Å². The number of nitrogens with one attached hydrogen (secondary N) is 2. The zero-order chi connectivity index (χ0) is 47.4. The van der Waals surface area contributed by atoms with E-state index in [1.54, 1.807) is 26.0 Å². The van der Waals surface area contributed by atoms with Crippen molar-refractivity contribution < 1.29 is 35.9 Å². The molecule has 0 aromatic heterocycles. The van der Waals surface area contributed by atoms with Crippen LogP contribution >= 0.6 is 23.5 Å². The fraction of sp³-hybridized carbons (Fsp3) is 0.811. The van der Waals surface area contributed by atoms with Gasteiger partial charge in [-0.1, -0.05) is 230 Å². The van der Waals surface area contributed by atoms with Gasteiger partial charge in [0.1, 0.15) is 0 Å². The zero-order valence-corrected chi connectivity index (χ0v) is 42.2. The van der Waals surface area contributed by atoms with Crippen LogP contribution in [0.4, 0.5) is 26.3 Å². The summed E-state index contributed by atoms with van der Waals surface area (Å²) in [6.07, 6.45) is 38.6. The number of fused-ring (bicyclic) bond motifs is 4. The van der Waals surface area contributed by atoms with E-state index in [1.165, 1.54) is 141 Å². The summed E-state index contributed by atoms with van der Waals surface area (Å²) in [5.74, 6) is -16.2. The number of carbonyl (C=O) groups is 2. The Hall–Kier alpha value is -1.82. The average Bonchev–Trinajstić information content (AvgIpc) is 3.83. The Kier molecular flexibility index (Phi) is 23.5. The lowest BCUT2D eigenvalue weighted by Gasteiger charge is -2.45. The summed E-state index contributed by atoms with van der Waals surface area (Å²) in [4.78, 5) is 26.4. The van der Waals surface area contributed by atoms with Gasteiger partial charge in [-0.15, -0.1) is 0 Å². The first-order valence-electron chi connectivity index (χ1n) is 26.0. The maximum absolute atomic E-state index is 15.7. The van der Waals surface area contributed by atoms with Crippen LogP contribution in [0.25, 0.3) is 0 Å². The summed E-state index contributed by atoms with van der Waals surface area (Å²) < 4.78 is 93.4. The van der Waals surface area contributed by atoms with Crippen molar-refractivity contribution in [2.75, 3.05) is 13.1 Å². The van der Waals surface area contributed by atoms with E-state index in [0.29, 0.717) is 22.9 Å². The van der Waals surface area contributed by atoms with E-state index in [4.69, 9.17) is 0 Å². The van der Waals surface area contributed by atoms with Crippen molar-refractivity contribution in [2.45, 2.75) is 251 Å².